The Hall–Kier alpha value is -1.39. The van der Waals surface area contributed by atoms with Crippen molar-refractivity contribution in [3.63, 3.8) is 0 Å². The maximum Gasteiger partial charge on any atom is 0.227 e. The van der Waals surface area contributed by atoms with Crippen LogP contribution in [0.3, 0.4) is 0 Å². The summed E-state index contributed by atoms with van der Waals surface area (Å²) in [5, 5.41) is 0. The topological polar surface area (TPSA) is 32.8 Å². The molecule has 1 spiro atoms. The Labute approximate surface area is 139 Å². The van der Waals surface area contributed by atoms with E-state index in [2.05, 4.69) is 19.0 Å². The maximum atomic E-state index is 12.6. The number of carbonyl (C=O) groups is 1. The van der Waals surface area contributed by atoms with Crippen LogP contribution in [0.2, 0.25) is 0 Å². The number of likely N-dealkylation sites (tertiary alicyclic amines) is 1. The Kier molecular flexibility index (Phi) is 5.02. The van der Waals surface area contributed by atoms with Gasteiger partial charge in [0.15, 0.2) is 0 Å². The third-order valence-corrected chi connectivity index (χ3v) is 5.00. The summed E-state index contributed by atoms with van der Waals surface area (Å²) < 4.78 is 6.20. The first-order valence-electron chi connectivity index (χ1n) is 8.67. The van der Waals surface area contributed by atoms with Crippen LogP contribution in [-0.4, -0.2) is 61.6 Å². The van der Waals surface area contributed by atoms with Gasteiger partial charge in [0.05, 0.1) is 18.6 Å². The van der Waals surface area contributed by atoms with Crippen molar-refractivity contribution in [2.75, 3.05) is 40.3 Å². The summed E-state index contributed by atoms with van der Waals surface area (Å²) in [5.41, 5.74) is 1.00. The van der Waals surface area contributed by atoms with E-state index in [1.54, 1.807) is 0 Å². The number of ether oxygens (including phenoxy) is 1. The van der Waals surface area contributed by atoms with Gasteiger partial charge >= 0.3 is 0 Å². The second kappa shape index (κ2) is 7.02. The number of hydrogen-bond donors (Lipinski definition) is 0. The van der Waals surface area contributed by atoms with Gasteiger partial charge in [-0.05, 0) is 44.8 Å². The molecule has 0 radical (unpaired) electrons. The van der Waals surface area contributed by atoms with Crippen molar-refractivity contribution in [1.82, 2.24) is 9.80 Å². The van der Waals surface area contributed by atoms with Gasteiger partial charge in [-0.1, -0.05) is 30.3 Å². The standard InChI is InChI=1S/C19H28N2O2/c1-20(2)13-17-12-19(23-14-17)9-6-10-21(15-19)18(22)11-16-7-4-3-5-8-16/h3-5,7-8,17H,6,9-15H2,1-2H3/t17-,19-/m0/s1. The Morgan fingerprint density at radius 2 is 2.13 bits per heavy atom. The quantitative estimate of drug-likeness (QED) is 0.853. The van der Waals surface area contributed by atoms with Gasteiger partial charge in [-0.15, -0.1) is 0 Å². The number of piperidine rings is 1. The molecule has 0 aliphatic carbocycles. The molecule has 126 valence electrons. The Morgan fingerprint density at radius 3 is 2.87 bits per heavy atom. The van der Waals surface area contributed by atoms with Gasteiger partial charge in [-0.3, -0.25) is 4.79 Å². The molecule has 1 aromatic carbocycles. The molecule has 2 fully saturated rings. The van der Waals surface area contributed by atoms with Crippen LogP contribution < -0.4 is 0 Å². The molecule has 1 amide bonds. The molecule has 0 saturated carbocycles. The van der Waals surface area contributed by atoms with Crippen molar-refractivity contribution in [1.29, 1.82) is 0 Å². The lowest BCUT2D eigenvalue weighted by Crippen LogP contribution is -2.50. The van der Waals surface area contributed by atoms with Gasteiger partial charge in [0.2, 0.25) is 5.91 Å². The Morgan fingerprint density at radius 1 is 1.35 bits per heavy atom. The summed E-state index contributed by atoms with van der Waals surface area (Å²) in [4.78, 5) is 16.9. The number of hydrogen-bond acceptors (Lipinski definition) is 3. The van der Waals surface area contributed by atoms with E-state index in [1.165, 1.54) is 0 Å². The van der Waals surface area contributed by atoms with Crippen molar-refractivity contribution >= 4 is 5.91 Å². The van der Waals surface area contributed by atoms with Crippen LogP contribution in [0.15, 0.2) is 30.3 Å². The van der Waals surface area contributed by atoms with E-state index in [9.17, 15) is 4.79 Å². The van der Waals surface area contributed by atoms with Crippen LogP contribution in [0.4, 0.5) is 0 Å². The molecule has 4 heteroatoms. The Bertz CT molecular complexity index is 531. The highest BCUT2D eigenvalue weighted by Gasteiger charge is 2.44. The number of carbonyl (C=O) groups excluding carboxylic acids is 1. The fourth-order valence-corrected chi connectivity index (χ4v) is 4.05. The van der Waals surface area contributed by atoms with Crippen LogP contribution in [-0.2, 0) is 16.0 Å². The lowest BCUT2D eigenvalue weighted by Gasteiger charge is -2.40. The first-order valence-corrected chi connectivity index (χ1v) is 8.67. The second-order valence-electron chi connectivity index (χ2n) is 7.41. The zero-order valence-corrected chi connectivity index (χ0v) is 14.3. The average Bonchev–Trinajstić information content (AvgIpc) is 2.89. The van der Waals surface area contributed by atoms with Crippen LogP contribution in [0, 0.1) is 5.92 Å². The molecule has 2 heterocycles. The number of rotatable bonds is 4. The van der Waals surface area contributed by atoms with Crippen LogP contribution in [0.1, 0.15) is 24.8 Å². The fraction of sp³-hybridized carbons (Fsp3) is 0.632. The Balaban J connectivity index is 1.59. The number of benzene rings is 1. The van der Waals surface area contributed by atoms with Crippen molar-refractivity contribution < 1.29 is 9.53 Å². The van der Waals surface area contributed by atoms with Crippen LogP contribution in [0.25, 0.3) is 0 Å². The van der Waals surface area contributed by atoms with E-state index in [1.807, 2.05) is 35.2 Å². The summed E-state index contributed by atoms with van der Waals surface area (Å²) in [6.45, 7) is 3.54. The summed E-state index contributed by atoms with van der Waals surface area (Å²) >= 11 is 0. The van der Waals surface area contributed by atoms with Crippen molar-refractivity contribution in [2.24, 2.45) is 5.92 Å². The molecule has 0 bridgehead atoms. The molecule has 1 aromatic rings. The van der Waals surface area contributed by atoms with Crippen molar-refractivity contribution in [3.8, 4) is 0 Å². The van der Waals surface area contributed by atoms with E-state index < -0.39 is 0 Å². The minimum absolute atomic E-state index is 0.0920. The van der Waals surface area contributed by atoms with Crippen molar-refractivity contribution in [3.05, 3.63) is 35.9 Å². The SMILES string of the molecule is CN(C)C[C@H]1CO[C@@]2(CCCN(C(=O)Cc3ccccc3)C2)C1. The minimum atomic E-state index is -0.0920. The largest absolute Gasteiger partial charge is 0.373 e. The van der Waals surface area contributed by atoms with Crippen LogP contribution in [0.5, 0.6) is 0 Å². The lowest BCUT2D eigenvalue weighted by atomic mass is 9.86. The molecule has 2 aliphatic heterocycles. The van der Waals surface area contributed by atoms with Gasteiger partial charge in [-0.25, -0.2) is 0 Å². The molecule has 4 nitrogen and oxygen atoms in total. The van der Waals surface area contributed by atoms with Crippen molar-refractivity contribution in [2.45, 2.75) is 31.3 Å². The van der Waals surface area contributed by atoms with E-state index in [0.717, 1.165) is 51.1 Å². The number of amides is 1. The molecule has 2 aliphatic rings. The first kappa shape index (κ1) is 16.5. The highest BCUT2D eigenvalue weighted by molar-refractivity contribution is 5.79. The highest BCUT2D eigenvalue weighted by Crippen LogP contribution is 2.37. The van der Waals surface area contributed by atoms with Gasteiger partial charge in [0, 0.05) is 19.6 Å². The van der Waals surface area contributed by atoms with Crippen LogP contribution >= 0.6 is 0 Å². The monoisotopic (exact) mass is 316 g/mol. The van der Waals surface area contributed by atoms with Gasteiger partial charge < -0.3 is 14.5 Å². The number of nitrogens with zero attached hydrogens (tertiary/aromatic N) is 2. The molecule has 2 saturated heterocycles. The molecule has 3 rings (SSSR count). The highest BCUT2D eigenvalue weighted by atomic mass is 16.5. The van der Waals surface area contributed by atoms with E-state index in [-0.39, 0.29) is 11.5 Å². The smallest absolute Gasteiger partial charge is 0.227 e. The van der Waals surface area contributed by atoms with Gasteiger partial charge in [-0.2, -0.15) is 0 Å². The molecule has 2 atom stereocenters. The fourth-order valence-electron chi connectivity index (χ4n) is 4.05. The summed E-state index contributed by atoms with van der Waals surface area (Å²) in [6.07, 6.45) is 3.72. The van der Waals surface area contributed by atoms with Gasteiger partial charge in [0.25, 0.3) is 0 Å². The molecule has 0 aromatic heterocycles. The summed E-state index contributed by atoms with van der Waals surface area (Å²) in [7, 11) is 4.23. The predicted octanol–water partition coefficient (Wildman–Crippen LogP) is 2.19. The minimum Gasteiger partial charge on any atom is -0.373 e. The summed E-state index contributed by atoms with van der Waals surface area (Å²) in [6, 6.07) is 10.0. The molecule has 23 heavy (non-hydrogen) atoms. The normalized spacial score (nSPS) is 27.8. The summed E-state index contributed by atoms with van der Waals surface area (Å²) in [5.74, 6) is 0.823. The van der Waals surface area contributed by atoms with E-state index in [0.29, 0.717) is 12.3 Å². The van der Waals surface area contributed by atoms with E-state index in [4.69, 9.17) is 4.74 Å². The second-order valence-corrected chi connectivity index (χ2v) is 7.41. The zero-order chi connectivity index (χ0) is 16.3. The first-order chi connectivity index (χ1) is 11.1. The third-order valence-electron chi connectivity index (χ3n) is 5.00. The molecular weight excluding hydrogens is 288 g/mol. The third kappa shape index (κ3) is 4.12. The van der Waals surface area contributed by atoms with Gasteiger partial charge in [0.1, 0.15) is 0 Å². The zero-order valence-electron chi connectivity index (χ0n) is 14.3. The maximum absolute atomic E-state index is 12.6. The molecule has 0 unspecified atom stereocenters. The molecule has 0 N–H and O–H groups in total. The predicted molar refractivity (Wildman–Crippen MR) is 91.3 cm³/mol. The molecular formula is C19H28N2O2. The average molecular weight is 316 g/mol. The van der Waals surface area contributed by atoms with E-state index >= 15 is 0 Å². The lowest BCUT2D eigenvalue weighted by molar-refractivity contribution is -0.138.